The molecule has 0 aliphatic carbocycles. The molecule has 1 heterocycles. The van der Waals surface area contributed by atoms with Crippen LogP contribution in [-0.2, 0) is 4.79 Å². The number of aromatic amines is 1. The van der Waals surface area contributed by atoms with Gasteiger partial charge in [-0.25, -0.2) is 0 Å². The van der Waals surface area contributed by atoms with E-state index in [1.807, 2.05) is 18.2 Å². The molecule has 3 heteroatoms. The van der Waals surface area contributed by atoms with E-state index in [9.17, 15) is 4.79 Å². The third-order valence-electron chi connectivity index (χ3n) is 3.18. The van der Waals surface area contributed by atoms with Crippen molar-refractivity contribution in [1.82, 2.24) is 4.98 Å². The highest BCUT2D eigenvalue weighted by Crippen LogP contribution is 2.28. The number of carboxylic acid groups (broad SMARTS) is 1. The van der Waals surface area contributed by atoms with Gasteiger partial charge in [-0.05, 0) is 30.5 Å². The van der Waals surface area contributed by atoms with Crippen LogP contribution in [0.3, 0.4) is 0 Å². The highest BCUT2D eigenvalue weighted by molar-refractivity contribution is 5.86. The summed E-state index contributed by atoms with van der Waals surface area (Å²) in [7, 11) is 0. The van der Waals surface area contributed by atoms with Crippen LogP contribution in [0.1, 0.15) is 43.9 Å². The Hall–Kier alpha value is -1.77. The second kappa shape index (κ2) is 4.24. The summed E-state index contributed by atoms with van der Waals surface area (Å²) in [5, 5.41) is 10.1. The number of carbonyl (C=O) groups is 1. The number of carboxylic acids is 1. The van der Waals surface area contributed by atoms with Gasteiger partial charge in [0.05, 0.1) is 5.92 Å². The number of fused-ring (bicyclic) bond motifs is 1. The van der Waals surface area contributed by atoms with Gasteiger partial charge in [-0.1, -0.05) is 26.0 Å². The van der Waals surface area contributed by atoms with Gasteiger partial charge in [0.2, 0.25) is 0 Å². The van der Waals surface area contributed by atoms with Crippen LogP contribution >= 0.6 is 0 Å². The van der Waals surface area contributed by atoms with Crippen LogP contribution < -0.4 is 0 Å². The molecule has 0 amide bonds. The average molecular weight is 231 g/mol. The molecule has 1 aromatic carbocycles. The van der Waals surface area contributed by atoms with Gasteiger partial charge in [0, 0.05) is 16.6 Å². The minimum Gasteiger partial charge on any atom is -0.481 e. The molecule has 0 saturated heterocycles. The molecule has 2 rings (SSSR count). The van der Waals surface area contributed by atoms with E-state index in [1.165, 1.54) is 5.56 Å². The predicted octanol–water partition coefficient (Wildman–Crippen LogP) is 3.48. The van der Waals surface area contributed by atoms with Crippen LogP contribution in [0.15, 0.2) is 24.3 Å². The zero-order valence-corrected chi connectivity index (χ0v) is 10.3. The van der Waals surface area contributed by atoms with Gasteiger partial charge in [0.15, 0.2) is 0 Å². The molecule has 0 saturated carbocycles. The van der Waals surface area contributed by atoms with E-state index in [-0.39, 0.29) is 0 Å². The average Bonchev–Trinajstić information content (AvgIpc) is 2.70. The van der Waals surface area contributed by atoms with Gasteiger partial charge in [0.1, 0.15) is 0 Å². The number of aromatic nitrogens is 1. The Kier molecular flexibility index (Phi) is 2.92. The smallest absolute Gasteiger partial charge is 0.312 e. The Labute approximate surface area is 100 Å². The first-order valence-electron chi connectivity index (χ1n) is 5.85. The molecule has 1 atom stereocenters. The van der Waals surface area contributed by atoms with Crippen molar-refractivity contribution < 1.29 is 9.90 Å². The van der Waals surface area contributed by atoms with Gasteiger partial charge < -0.3 is 10.1 Å². The molecular weight excluding hydrogens is 214 g/mol. The van der Waals surface area contributed by atoms with Crippen molar-refractivity contribution in [2.24, 2.45) is 0 Å². The van der Waals surface area contributed by atoms with E-state index >= 15 is 0 Å². The molecule has 0 fully saturated rings. The minimum atomic E-state index is -0.803. The molecule has 0 aliphatic heterocycles. The minimum absolute atomic E-state index is 0.433. The van der Waals surface area contributed by atoms with Crippen LogP contribution in [0.4, 0.5) is 0 Å². The summed E-state index contributed by atoms with van der Waals surface area (Å²) < 4.78 is 0. The normalized spacial score (nSPS) is 13.2. The standard InChI is InChI=1S/C14H17NO2/c1-8(2)10-5-4-6-12-11(10)7-13(15-12)9(3)14(16)17/h4-9,15H,1-3H3,(H,16,17). The number of rotatable bonds is 3. The summed E-state index contributed by atoms with van der Waals surface area (Å²) in [5.74, 6) is -0.868. The summed E-state index contributed by atoms with van der Waals surface area (Å²) in [5.41, 5.74) is 3.03. The SMILES string of the molecule is CC(C)c1cccc2[nH]c(C(C)C(=O)O)cc12. The third kappa shape index (κ3) is 2.05. The Morgan fingerprint density at radius 3 is 2.59 bits per heavy atom. The molecule has 0 bridgehead atoms. The third-order valence-corrected chi connectivity index (χ3v) is 3.18. The quantitative estimate of drug-likeness (QED) is 0.849. The molecule has 3 nitrogen and oxygen atoms in total. The summed E-state index contributed by atoms with van der Waals surface area (Å²) >= 11 is 0. The largest absolute Gasteiger partial charge is 0.481 e. The lowest BCUT2D eigenvalue weighted by atomic mass is 9.99. The predicted molar refractivity (Wildman–Crippen MR) is 68.4 cm³/mol. The van der Waals surface area contributed by atoms with Crippen molar-refractivity contribution in [1.29, 1.82) is 0 Å². The highest BCUT2D eigenvalue weighted by Gasteiger charge is 2.17. The Morgan fingerprint density at radius 2 is 2.00 bits per heavy atom. The monoisotopic (exact) mass is 231 g/mol. The fourth-order valence-corrected chi connectivity index (χ4v) is 2.07. The molecule has 0 spiro atoms. The first-order valence-corrected chi connectivity index (χ1v) is 5.85. The van der Waals surface area contributed by atoms with E-state index < -0.39 is 11.9 Å². The summed E-state index contributed by atoms with van der Waals surface area (Å²) in [6.07, 6.45) is 0. The van der Waals surface area contributed by atoms with Crippen molar-refractivity contribution in [3.05, 3.63) is 35.5 Å². The van der Waals surface area contributed by atoms with Gasteiger partial charge in [-0.15, -0.1) is 0 Å². The van der Waals surface area contributed by atoms with Crippen molar-refractivity contribution in [2.75, 3.05) is 0 Å². The van der Waals surface area contributed by atoms with Crippen LogP contribution in [0.5, 0.6) is 0 Å². The molecule has 1 aromatic heterocycles. The molecular formula is C14H17NO2. The maximum Gasteiger partial charge on any atom is 0.312 e. The lowest BCUT2D eigenvalue weighted by molar-refractivity contribution is -0.138. The van der Waals surface area contributed by atoms with E-state index in [4.69, 9.17) is 5.11 Å². The number of hydrogen-bond acceptors (Lipinski definition) is 1. The Bertz CT molecular complexity index is 554. The lowest BCUT2D eigenvalue weighted by Crippen LogP contribution is -2.07. The molecule has 0 radical (unpaired) electrons. The molecule has 17 heavy (non-hydrogen) atoms. The fourth-order valence-electron chi connectivity index (χ4n) is 2.07. The number of benzene rings is 1. The fraction of sp³-hybridized carbons (Fsp3) is 0.357. The van der Waals surface area contributed by atoms with E-state index in [0.717, 1.165) is 16.6 Å². The van der Waals surface area contributed by atoms with Crippen molar-refractivity contribution in [3.63, 3.8) is 0 Å². The van der Waals surface area contributed by atoms with E-state index in [1.54, 1.807) is 6.92 Å². The van der Waals surface area contributed by atoms with E-state index in [0.29, 0.717) is 5.92 Å². The number of hydrogen-bond donors (Lipinski definition) is 2. The Morgan fingerprint density at radius 1 is 1.29 bits per heavy atom. The second-order valence-electron chi connectivity index (χ2n) is 4.75. The lowest BCUT2D eigenvalue weighted by Gasteiger charge is -2.05. The zero-order valence-electron chi connectivity index (χ0n) is 10.3. The maximum atomic E-state index is 11.0. The maximum absolute atomic E-state index is 11.0. The Balaban J connectivity index is 2.57. The summed E-state index contributed by atoms with van der Waals surface area (Å²) in [6, 6.07) is 8.04. The molecule has 2 aromatic rings. The molecule has 1 unspecified atom stereocenters. The first kappa shape index (κ1) is 11.7. The van der Waals surface area contributed by atoms with Gasteiger partial charge in [-0.2, -0.15) is 0 Å². The van der Waals surface area contributed by atoms with Crippen molar-refractivity contribution in [2.45, 2.75) is 32.6 Å². The summed E-state index contributed by atoms with van der Waals surface area (Å²) in [6.45, 7) is 5.98. The number of H-pyrrole nitrogens is 1. The molecule has 0 aliphatic rings. The van der Waals surface area contributed by atoms with Gasteiger partial charge in [-0.3, -0.25) is 4.79 Å². The zero-order chi connectivity index (χ0) is 12.6. The van der Waals surface area contributed by atoms with Crippen LogP contribution in [0.2, 0.25) is 0 Å². The van der Waals surface area contributed by atoms with Crippen molar-refractivity contribution in [3.8, 4) is 0 Å². The van der Waals surface area contributed by atoms with Crippen LogP contribution in [0.25, 0.3) is 10.9 Å². The van der Waals surface area contributed by atoms with Crippen LogP contribution in [0, 0.1) is 0 Å². The van der Waals surface area contributed by atoms with Gasteiger partial charge >= 0.3 is 5.97 Å². The van der Waals surface area contributed by atoms with E-state index in [2.05, 4.69) is 24.9 Å². The highest BCUT2D eigenvalue weighted by atomic mass is 16.4. The van der Waals surface area contributed by atoms with Gasteiger partial charge in [0.25, 0.3) is 0 Å². The topological polar surface area (TPSA) is 53.1 Å². The molecule has 90 valence electrons. The molecule has 2 N–H and O–H groups in total. The summed E-state index contributed by atoms with van der Waals surface area (Å²) in [4.78, 5) is 14.2. The number of nitrogens with one attached hydrogen (secondary N) is 1. The van der Waals surface area contributed by atoms with Crippen LogP contribution in [-0.4, -0.2) is 16.1 Å². The van der Waals surface area contributed by atoms with Crippen molar-refractivity contribution >= 4 is 16.9 Å². The first-order chi connectivity index (χ1) is 8.00. The number of aliphatic carboxylic acids is 1. The second-order valence-corrected chi connectivity index (χ2v) is 4.75.